The first-order chi connectivity index (χ1) is 8.31. The van der Waals surface area contributed by atoms with Crippen LogP contribution in [0.4, 0.5) is 11.4 Å². The third-order valence-corrected chi connectivity index (χ3v) is 3.01. The maximum absolute atomic E-state index is 10.8. The van der Waals surface area contributed by atoms with Crippen LogP contribution in [0.15, 0.2) is 18.2 Å². The molecule has 0 fully saturated rings. The van der Waals surface area contributed by atoms with Gasteiger partial charge in [0.25, 0.3) is 0 Å². The Morgan fingerprint density at radius 3 is 2.61 bits per heavy atom. The van der Waals surface area contributed by atoms with E-state index in [1.165, 1.54) is 12.1 Å². The van der Waals surface area contributed by atoms with E-state index in [1.54, 1.807) is 6.07 Å². The van der Waals surface area contributed by atoms with Gasteiger partial charge >= 0.3 is 5.69 Å². The second kappa shape index (κ2) is 5.98. The van der Waals surface area contributed by atoms with Crippen molar-refractivity contribution in [3.05, 3.63) is 33.3 Å². The van der Waals surface area contributed by atoms with Gasteiger partial charge in [-0.05, 0) is 12.1 Å². The molecular formula is C9H12ClN3O4S. The fourth-order valence-electron chi connectivity index (χ4n) is 1.28. The minimum Gasteiger partial charge on any atom is -0.378 e. The van der Waals surface area contributed by atoms with E-state index in [0.717, 1.165) is 6.26 Å². The molecule has 2 N–H and O–H groups in total. The Kier molecular flexibility index (Phi) is 4.88. The summed E-state index contributed by atoms with van der Waals surface area (Å²) in [7, 11) is -3.26. The standard InChI is InChI=1S/C9H12ClN3O4S/c1-18(16,17)12-6-5-11-8-4-2-3-7(10)9(8)13(14)15/h2-4,11-12H,5-6H2,1H3. The Labute approximate surface area is 109 Å². The highest BCUT2D eigenvalue weighted by Gasteiger charge is 2.17. The number of nitro groups is 1. The van der Waals surface area contributed by atoms with Crippen LogP contribution in [0.1, 0.15) is 0 Å². The summed E-state index contributed by atoms with van der Waals surface area (Å²) in [6.07, 6.45) is 1.04. The molecule has 0 unspecified atom stereocenters. The van der Waals surface area contributed by atoms with E-state index < -0.39 is 14.9 Å². The predicted octanol–water partition coefficient (Wildman–Crippen LogP) is 1.21. The van der Waals surface area contributed by atoms with Gasteiger partial charge in [0.1, 0.15) is 10.7 Å². The van der Waals surface area contributed by atoms with Crippen LogP contribution in [0.25, 0.3) is 0 Å². The Bertz CT molecular complexity index is 547. The molecule has 1 aromatic carbocycles. The summed E-state index contributed by atoms with van der Waals surface area (Å²) in [6, 6.07) is 4.49. The molecule has 0 heterocycles. The van der Waals surface area contributed by atoms with Crippen LogP contribution in [-0.4, -0.2) is 32.7 Å². The molecule has 7 nitrogen and oxygen atoms in total. The van der Waals surface area contributed by atoms with Gasteiger partial charge in [-0.2, -0.15) is 0 Å². The predicted molar refractivity (Wildman–Crippen MR) is 69.4 cm³/mol. The third kappa shape index (κ3) is 4.47. The largest absolute Gasteiger partial charge is 0.378 e. The number of anilines is 1. The molecule has 0 bridgehead atoms. The highest BCUT2D eigenvalue weighted by atomic mass is 35.5. The Hall–Kier alpha value is -1.38. The first-order valence-electron chi connectivity index (χ1n) is 4.92. The molecule has 0 saturated heterocycles. The van der Waals surface area contributed by atoms with Crippen molar-refractivity contribution in [3.63, 3.8) is 0 Å². The van der Waals surface area contributed by atoms with Gasteiger partial charge in [0.15, 0.2) is 0 Å². The number of nitrogens with zero attached hydrogens (tertiary/aromatic N) is 1. The summed E-state index contributed by atoms with van der Waals surface area (Å²) >= 11 is 5.72. The van der Waals surface area contributed by atoms with Gasteiger partial charge in [0.2, 0.25) is 10.0 Å². The third-order valence-electron chi connectivity index (χ3n) is 1.97. The summed E-state index contributed by atoms with van der Waals surface area (Å²) in [6.45, 7) is 0.344. The van der Waals surface area contributed by atoms with Gasteiger partial charge in [0, 0.05) is 13.1 Å². The van der Waals surface area contributed by atoms with Crippen LogP contribution >= 0.6 is 11.6 Å². The number of halogens is 1. The number of hydrogen-bond acceptors (Lipinski definition) is 5. The zero-order chi connectivity index (χ0) is 13.8. The van der Waals surface area contributed by atoms with Crippen molar-refractivity contribution in [2.24, 2.45) is 0 Å². The normalized spacial score (nSPS) is 11.2. The number of sulfonamides is 1. The van der Waals surface area contributed by atoms with Gasteiger partial charge < -0.3 is 5.32 Å². The van der Waals surface area contributed by atoms with E-state index in [2.05, 4.69) is 10.0 Å². The monoisotopic (exact) mass is 293 g/mol. The summed E-state index contributed by atoms with van der Waals surface area (Å²) in [5, 5.41) is 13.6. The lowest BCUT2D eigenvalue weighted by molar-refractivity contribution is -0.383. The van der Waals surface area contributed by atoms with E-state index in [0.29, 0.717) is 0 Å². The summed E-state index contributed by atoms with van der Waals surface area (Å²) in [4.78, 5) is 10.2. The summed E-state index contributed by atoms with van der Waals surface area (Å²) in [5.74, 6) is 0. The summed E-state index contributed by atoms with van der Waals surface area (Å²) < 4.78 is 23.9. The van der Waals surface area contributed by atoms with Crippen LogP contribution in [0, 0.1) is 10.1 Å². The van der Waals surface area contributed by atoms with E-state index >= 15 is 0 Å². The van der Waals surface area contributed by atoms with E-state index in [1.807, 2.05) is 0 Å². The minimum atomic E-state index is -3.26. The van der Waals surface area contributed by atoms with Crippen molar-refractivity contribution < 1.29 is 13.3 Å². The van der Waals surface area contributed by atoms with E-state index in [-0.39, 0.29) is 29.5 Å². The average Bonchev–Trinajstić information content (AvgIpc) is 2.22. The molecule has 100 valence electrons. The molecule has 9 heteroatoms. The molecule has 0 aliphatic heterocycles. The molecule has 0 atom stereocenters. The Balaban J connectivity index is 2.68. The SMILES string of the molecule is CS(=O)(=O)NCCNc1cccc(Cl)c1[N+](=O)[O-]. The quantitative estimate of drug-likeness (QED) is 0.466. The molecule has 0 aromatic heterocycles. The Morgan fingerprint density at radius 1 is 1.39 bits per heavy atom. The van der Waals surface area contributed by atoms with Crippen molar-refractivity contribution in [2.75, 3.05) is 24.7 Å². The number of benzene rings is 1. The average molecular weight is 294 g/mol. The van der Waals surface area contributed by atoms with Gasteiger partial charge in [-0.25, -0.2) is 13.1 Å². The number of nitrogens with one attached hydrogen (secondary N) is 2. The number of rotatable bonds is 6. The lowest BCUT2D eigenvalue weighted by Gasteiger charge is -2.08. The van der Waals surface area contributed by atoms with Crippen molar-refractivity contribution >= 4 is 33.0 Å². The van der Waals surface area contributed by atoms with E-state index in [9.17, 15) is 18.5 Å². The molecular weight excluding hydrogens is 282 g/mol. The van der Waals surface area contributed by atoms with Gasteiger partial charge in [0.05, 0.1) is 11.2 Å². The van der Waals surface area contributed by atoms with Crippen molar-refractivity contribution in [3.8, 4) is 0 Å². The fourth-order valence-corrected chi connectivity index (χ4v) is 1.99. The van der Waals surface area contributed by atoms with E-state index in [4.69, 9.17) is 11.6 Å². The molecule has 0 aliphatic carbocycles. The molecule has 18 heavy (non-hydrogen) atoms. The number of nitro benzene ring substituents is 1. The minimum absolute atomic E-state index is 0.0288. The van der Waals surface area contributed by atoms with Gasteiger partial charge in [-0.15, -0.1) is 0 Å². The Morgan fingerprint density at radius 2 is 2.06 bits per heavy atom. The van der Waals surface area contributed by atoms with Crippen molar-refractivity contribution in [1.29, 1.82) is 0 Å². The lowest BCUT2D eigenvalue weighted by atomic mass is 10.2. The second-order valence-electron chi connectivity index (χ2n) is 3.49. The number of hydrogen-bond donors (Lipinski definition) is 2. The maximum Gasteiger partial charge on any atom is 0.310 e. The van der Waals surface area contributed by atoms with Crippen molar-refractivity contribution in [2.45, 2.75) is 0 Å². The molecule has 0 saturated carbocycles. The lowest BCUT2D eigenvalue weighted by Crippen LogP contribution is -2.27. The van der Waals surface area contributed by atoms with Gasteiger partial charge in [-0.1, -0.05) is 17.7 Å². The smallest absolute Gasteiger partial charge is 0.310 e. The van der Waals surface area contributed by atoms with Crippen LogP contribution in [0.5, 0.6) is 0 Å². The molecule has 1 rings (SSSR count). The number of para-hydroxylation sites is 1. The molecule has 0 amide bonds. The fraction of sp³-hybridized carbons (Fsp3) is 0.333. The van der Waals surface area contributed by atoms with Crippen molar-refractivity contribution in [1.82, 2.24) is 4.72 Å². The van der Waals surface area contributed by atoms with Crippen LogP contribution in [-0.2, 0) is 10.0 Å². The second-order valence-corrected chi connectivity index (χ2v) is 5.73. The topological polar surface area (TPSA) is 101 Å². The highest BCUT2D eigenvalue weighted by Crippen LogP contribution is 2.31. The molecule has 0 aliphatic rings. The summed E-state index contributed by atoms with van der Waals surface area (Å²) in [5.41, 5.74) is 0.0290. The van der Waals surface area contributed by atoms with Crippen LogP contribution in [0.3, 0.4) is 0 Å². The first-order valence-corrected chi connectivity index (χ1v) is 7.19. The first kappa shape index (κ1) is 14.7. The maximum atomic E-state index is 10.8. The van der Waals surface area contributed by atoms with Gasteiger partial charge in [-0.3, -0.25) is 10.1 Å². The zero-order valence-corrected chi connectivity index (χ0v) is 11.1. The van der Waals surface area contributed by atoms with Crippen LogP contribution in [0.2, 0.25) is 5.02 Å². The van der Waals surface area contributed by atoms with Crippen LogP contribution < -0.4 is 10.0 Å². The molecule has 0 spiro atoms. The molecule has 1 aromatic rings. The molecule has 0 radical (unpaired) electrons. The highest BCUT2D eigenvalue weighted by molar-refractivity contribution is 7.88. The zero-order valence-electron chi connectivity index (χ0n) is 9.51.